The van der Waals surface area contributed by atoms with Crippen molar-refractivity contribution >= 4 is 34.0 Å². The van der Waals surface area contributed by atoms with Crippen molar-refractivity contribution in [2.75, 3.05) is 45.3 Å². The molecule has 0 radical (unpaired) electrons. The maximum Gasteiger partial charge on any atom is 0.240 e. The van der Waals surface area contributed by atoms with Gasteiger partial charge in [-0.05, 0) is 50.2 Å². The highest BCUT2D eigenvalue weighted by atomic mass is 35.5. The summed E-state index contributed by atoms with van der Waals surface area (Å²) in [5.41, 5.74) is 0.475. The van der Waals surface area contributed by atoms with Crippen molar-refractivity contribution in [3.05, 3.63) is 24.3 Å². The molecule has 26 heavy (non-hydrogen) atoms. The zero-order chi connectivity index (χ0) is 18.5. The van der Waals surface area contributed by atoms with E-state index in [1.54, 1.807) is 26.3 Å². The van der Waals surface area contributed by atoms with E-state index in [1.807, 2.05) is 0 Å². The third kappa shape index (κ3) is 5.65. The van der Waals surface area contributed by atoms with Crippen LogP contribution in [-0.2, 0) is 19.6 Å². The van der Waals surface area contributed by atoms with Gasteiger partial charge in [-0.1, -0.05) is 0 Å². The SMILES string of the molecule is COCC1(CNS(=O)(=O)c2ccc(N(C)C(C)=O)cc2)CCNCC1.Cl. The number of nitrogens with zero attached hydrogens (tertiary/aromatic N) is 1. The third-order valence-corrected chi connectivity index (χ3v) is 6.18. The summed E-state index contributed by atoms with van der Waals surface area (Å²) in [6, 6.07) is 6.29. The second kappa shape index (κ2) is 9.66. The van der Waals surface area contributed by atoms with Crippen LogP contribution < -0.4 is 14.9 Å². The smallest absolute Gasteiger partial charge is 0.240 e. The monoisotopic (exact) mass is 405 g/mol. The van der Waals surface area contributed by atoms with Gasteiger partial charge >= 0.3 is 0 Å². The lowest BCUT2D eigenvalue weighted by molar-refractivity contribution is -0.116. The summed E-state index contributed by atoms with van der Waals surface area (Å²) in [6.45, 7) is 4.05. The number of hydrogen-bond acceptors (Lipinski definition) is 5. The van der Waals surface area contributed by atoms with Crippen LogP contribution in [0.15, 0.2) is 29.2 Å². The lowest BCUT2D eigenvalue weighted by Gasteiger charge is -2.37. The largest absolute Gasteiger partial charge is 0.384 e. The summed E-state index contributed by atoms with van der Waals surface area (Å²) in [7, 11) is -0.318. The Morgan fingerprint density at radius 3 is 2.35 bits per heavy atom. The molecule has 1 aromatic carbocycles. The molecule has 0 spiro atoms. The molecule has 0 aromatic heterocycles. The van der Waals surface area contributed by atoms with E-state index in [0.717, 1.165) is 25.9 Å². The zero-order valence-electron chi connectivity index (χ0n) is 15.4. The predicted molar refractivity (Wildman–Crippen MR) is 104 cm³/mol. The van der Waals surface area contributed by atoms with Crippen LogP contribution in [0.25, 0.3) is 0 Å². The molecule has 2 N–H and O–H groups in total. The number of amides is 1. The fourth-order valence-corrected chi connectivity index (χ4v) is 4.15. The summed E-state index contributed by atoms with van der Waals surface area (Å²) in [5, 5.41) is 3.29. The number of benzene rings is 1. The first-order valence-corrected chi connectivity index (χ1v) is 9.82. The lowest BCUT2D eigenvalue weighted by Crippen LogP contribution is -2.47. The van der Waals surface area contributed by atoms with Crippen LogP contribution in [0.4, 0.5) is 5.69 Å². The molecule has 1 aliphatic heterocycles. The van der Waals surface area contributed by atoms with E-state index < -0.39 is 10.0 Å². The molecule has 1 heterocycles. The standard InChI is InChI=1S/C17H27N3O4S.ClH/c1-14(21)20(2)15-4-6-16(7-5-15)25(22,23)19-12-17(13-24-3)8-10-18-11-9-17;/h4-7,18-19H,8-13H2,1-3H3;1H. The zero-order valence-corrected chi connectivity index (χ0v) is 17.1. The fraction of sp³-hybridized carbons (Fsp3) is 0.588. The normalized spacial score (nSPS) is 16.6. The van der Waals surface area contributed by atoms with Crippen LogP contribution in [-0.4, -0.2) is 54.7 Å². The predicted octanol–water partition coefficient (Wildman–Crippen LogP) is 1.39. The number of ether oxygens (including phenoxy) is 1. The minimum absolute atomic E-state index is 0. The van der Waals surface area contributed by atoms with Gasteiger partial charge in [0.1, 0.15) is 0 Å². The van der Waals surface area contributed by atoms with Crippen molar-refractivity contribution in [3.8, 4) is 0 Å². The molecule has 0 unspecified atom stereocenters. The van der Waals surface area contributed by atoms with Crippen molar-refractivity contribution < 1.29 is 17.9 Å². The van der Waals surface area contributed by atoms with Gasteiger partial charge in [-0.2, -0.15) is 0 Å². The maximum atomic E-state index is 12.6. The maximum absolute atomic E-state index is 12.6. The van der Waals surface area contributed by atoms with Crippen LogP contribution in [0.3, 0.4) is 0 Å². The summed E-state index contributed by atoms with van der Waals surface area (Å²) in [6.07, 6.45) is 1.73. The van der Waals surface area contributed by atoms with Gasteiger partial charge in [0.05, 0.1) is 11.5 Å². The molecule has 1 fully saturated rings. The van der Waals surface area contributed by atoms with E-state index in [-0.39, 0.29) is 28.6 Å². The minimum Gasteiger partial charge on any atom is -0.384 e. The van der Waals surface area contributed by atoms with Gasteiger partial charge in [0.2, 0.25) is 15.9 Å². The first-order valence-electron chi connectivity index (χ1n) is 8.33. The van der Waals surface area contributed by atoms with Crippen molar-refractivity contribution in [2.24, 2.45) is 5.41 Å². The highest BCUT2D eigenvalue weighted by Gasteiger charge is 2.33. The Kier molecular flexibility index (Phi) is 8.49. The van der Waals surface area contributed by atoms with Crippen LogP contribution in [0.2, 0.25) is 0 Å². The first-order chi connectivity index (χ1) is 11.8. The highest BCUT2D eigenvalue weighted by molar-refractivity contribution is 7.89. The highest BCUT2D eigenvalue weighted by Crippen LogP contribution is 2.29. The van der Waals surface area contributed by atoms with Crippen molar-refractivity contribution in [2.45, 2.75) is 24.7 Å². The van der Waals surface area contributed by atoms with Gasteiger partial charge in [0.15, 0.2) is 0 Å². The number of carbonyl (C=O) groups excluding carboxylic acids is 1. The summed E-state index contributed by atoms with van der Waals surface area (Å²) < 4.78 is 33.2. The fourth-order valence-electron chi connectivity index (χ4n) is 3.00. The average molecular weight is 406 g/mol. The van der Waals surface area contributed by atoms with Crippen LogP contribution in [0, 0.1) is 5.41 Å². The molecule has 9 heteroatoms. The number of nitrogens with one attached hydrogen (secondary N) is 2. The first kappa shape index (κ1) is 22.9. The lowest BCUT2D eigenvalue weighted by atomic mass is 9.80. The topological polar surface area (TPSA) is 87.7 Å². The molecule has 0 bridgehead atoms. The van der Waals surface area contributed by atoms with E-state index in [0.29, 0.717) is 18.8 Å². The van der Waals surface area contributed by atoms with Gasteiger partial charge in [0, 0.05) is 38.7 Å². The Morgan fingerprint density at radius 1 is 1.27 bits per heavy atom. The summed E-state index contributed by atoms with van der Waals surface area (Å²) >= 11 is 0. The summed E-state index contributed by atoms with van der Waals surface area (Å²) in [5.74, 6) is -0.110. The molecular weight excluding hydrogens is 378 g/mol. The molecule has 0 atom stereocenters. The molecule has 1 amide bonds. The molecule has 2 rings (SSSR count). The number of rotatable bonds is 7. The van der Waals surface area contributed by atoms with Gasteiger partial charge in [0.25, 0.3) is 0 Å². The number of piperidine rings is 1. The van der Waals surface area contributed by atoms with Crippen LogP contribution in [0.1, 0.15) is 19.8 Å². The van der Waals surface area contributed by atoms with E-state index in [9.17, 15) is 13.2 Å². The van der Waals surface area contributed by atoms with E-state index in [2.05, 4.69) is 10.0 Å². The van der Waals surface area contributed by atoms with Crippen molar-refractivity contribution in [1.29, 1.82) is 0 Å². The number of halogens is 1. The second-order valence-electron chi connectivity index (χ2n) is 6.58. The molecule has 0 saturated carbocycles. The molecule has 1 saturated heterocycles. The average Bonchev–Trinajstić information content (AvgIpc) is 2.61. The third-order valence-electron chi connectivity index (χ3n) is 4.76. The van der Waals surface area contributed by atoms with Gasteiger partial charge in [-0.25, -0.2) is 13.1 Å². The Bertz CT molecular complexity index is 683. The minimum atomic E-state index is -3.61. The van der Waals surface area contributed by atoms with Crippen molar-refractivity contribution in [3.63, 3.8) is 0 Å². The molecule has 7 nitrogen and oxygen atoms in total. The quantitative estimate of drug-likeness (QED) is 0.715. The Balaban J connectivity index is 0.00000338. The number of hydrogen-bond donors (Lipinski definition) is 2. The molecule has 1 aliphatic rings. The van der Waals surface area contributed by atoms with Crippen LogP contribution >= 0.6 is 12.4 Å². The van der Waals surface area contributed by atoms with Gasteiger partial charge in [-0.3, -0.25) is 4.79 Å². The van der Waals surface area contributed by atoms with E-state index in [1.165, 1.54) is 24.0 Å². The Morgan fingerprint density at radius 2 is 1.85 bits per heavy atom. The van der Waals surface area contributed by atoms with E-state index in [4.69, 9.17) is 4.74 Å². The molecule has 148 valence electrons. The number of carbonyl (C=O) groups is 1. The second-order valence-corrected chi connectivity index (χ2v) is 8.35. The molecule has 1 aromatic rings. The number of anilines is 1. The van der Waals surface area contributed by atoms with Crippen molar-refractivity contribution in [1.82, 2.24) is 10.0 Å². The summed E-state index contributed by atoms with van der Waals surface area (Å²) in [4.78, 5) is 13.0. The molecular formula is C17H28ClN3O4S. The van der Waals surface area contributed by atoms with Crippen LogP contribution in [0.5, 0.6) is 0 Å². The Hall–Kier alpha value is -1.19. The van der Waals surface area contributed by atoms with Gasteiger partial charge in [-0.15, -0.1) is 12.4 Å². The number of sulfonamides is 1. The van der Waals surface area contributed by atoms with E-state index >= 15 is 0 Å². The van der Waals surface area contributed by atoms with Gasteiger partial charge < -0.3 is 15.0 Å². The Labute approximate surface area is 161 Å². The number of methoxy groups -OCH3 is 1. The molecule has 0 aliphatic carbocycles.